The Kier molecular flexibility index (Phi) is 5.23. The average molecular weight is 365 g/mol. The Morgan fingerprint density at radius 1 is 0.926 bits per heavy atom. The monoisotopic (exact) mass is 365 g/mol. The fraction of sp³-hybridized carbons (Fsp3) is 0.476. The standard InChI is InChI=1S/C21H27N5O/c1-17-6-5-7-18(16-17)20(27)25-14-12-24(13-15-25)19-8-9-22-21(23-19)26-10-3-2-4-11-26/h5-9,16H,2-4,10-15H2,1H3. The van der Waals surface area contributed by atoms with Crippen molar-refractivity contribution in [3.05, 3.63) is 47.7 Å². The molecule has 6 heteroatoms. The molecule has 142 valence electrons. The predicted molar refractivity (Wildman–Crippen MR) is 107 cm³/mol. The van der Waals surface area contributed by atoms with E-state index in [9.17, 15) is 4.79 Å². The lowest BCUT2D eigenvalue weighted by atomic mass is 10.1. The molecule has 0 radical (unpaired) electrons. The topological polar surface area (TPSA) is 52.6 Å². The number of rotatable bonds is 3. The molecule has 0 aliphatic carbocycles. The van der Waals surface area contributed by atoms with E-state index in [2.05, 4.69) is 14.8 Å². The Hall–Kier alpha value is -2.63. The normalized spacial score (nSPS) is 17.9. The van der Waals surface area contributed by atoms with Crippen LogP contribution in [0.4, 0.5) is 11.8 Å². The summed E-state index contributed by atoms with van der Waals surface area (Å²) in [6.07, 6.45) is 5.59. The van der Waals surface area contributed by atoms with E-state index in [0.29, 0.717) is 0 Å². The summed E-state index contributed by atoms with van der Waals surface area (Å²) in [7, 11) is 0. The molecule has 2 aliphatic heterocycles. The van der Waals surface area contributed by atoms with Gasteiger partial charge in [0.1, 0.15) is 5.82 Å². The number of piperidine rings is 1. The van der Waals surface area contributed by atoms with E-state index in [0.717, 1.165) is 62.2 Å². The van der Waals surface area contributed by atoms with E-state index in [1.165, 1.54) is 19.3 Å². The molecule has 1 aromatic heterocycles. The fourth-order valence-corrected chi connectivity index (χ4v) is 3.86. The molecule has 0 N–H and O–H groups in total. The van der Waals surface area contributed by atoms with E-state index in [4.69, 9.17) is 4.98 Å². The second kappa shape index (κ2) is 7.94. The van der Waals surface area contributed by atoms with Crippen LogP contribution in [0.5, 0.6) is 0 Å². The van der Waals surface area contributed by atoms with Crippen molar-refractivity contribution in [2.45, 2.75) is 26.2 Å². The Labute approximate surface area is 160 Å². The van der Waals surface area contributed by atoms with Crippen molar-refractivity contribution in [3.8, 4) is 0 Å². The minimum absolute atomic E-state index is 0.120. The molecule has 2 aliphatic rings. The van der Waals surface area contributed by atoms with Gasteiger partial charge in [0.25, 0.3) is 5.91 Å². The molecule has 2 fully saturated rings. The Morgan fingerprint density at radius 3 is 2.44 bits per heavy atom. The van der Waals surface area contributed by atoms with Crippen molar-refractivity contribution in [1.82, 2.24) is 14.9 Å². The van der Waals surface area contributed by atoms with Gasteiger partial charge in [-0.3, -0.25) is 4.79 Å². The largest absolute Gasteiger partial charge is 0.353 e. The first-order valence-corrected chi connectivity index (χ1v) is 9.89. The van der Waals surface area contributed by atoms with Gasteiger partial charge in [-0.2, -0.15) is 4.98 Å². The number of amides is 1. The van der Waals surface area contributed by atoms with Crippen molar-refractivity contribution in [1.29, 1.82) is 0 Å². The number of anilines is 2. The van der Waals surface area contributed by atoms with Gasteiger partial charge in [0.15, 0.2) is 0 Å². The van der Waals surface area contributed by atoms with Crippen molar-refractivity contribution < 1.29 is 4.79 Å². The zero-order chi connectivity index (χ0) is 18.6. The lowest BCUT2D eigenvalue weighted by Gasteiger charge is -2.36. The molecule has 3 heterocycles. The summed E-state index contributed by atoms with van der Waals surface area (Å²) in [5, 5.41) is 0. The summed E-state index contributed by atoms with van der Waals surface area (Å²) >= 11 is 0. The lowest BCUT2D eigenvalue weighted by Crippen LogP contribution is -2.49. The molecule has 27 heavy (non-hydrogen) atoms. The Bertz CT molecular complexity index is 795. The van der Waals surface area contributed by atoms with Crippen LogP contribution in [0.2, 0.25) is 0 Å². The number of carbonyl (C=O) groups is 1. The third kappa shape index (κ3) is 4.04. The number of benzene rings is 1. The summed E-state index contributed by atoms with van der Waals surface area (Å²) in [5.41, 5.74) is 1.89. The first-order chi connectivity index (χ1) is 13.2. The molecule has 2 saturated heterocycles. The van der Waals surface area contributed by atoms with Crippen LogP contribution in [0.3, 0.4) is 0 Å². The number of hydrogen-bond acceptors (Lipinski definition) is 5. The van der Waals surface area contributed by atoms with Gasteiger partial charge in [-0.05, 0) is 44.4 Å². The maximum Gasteiger partial charge on any atom is 0.253 e. The first-order valence-electron chi connectivity index (χ1n) is 9.89. The van der Waals surface area contributed by atoms with E-state index in [-0.39, 0.29) is 5.91 Å². The third-order valence-corrected chi connectivity index (χ3v) is 5.42. The van der Waals surface area contributed by atoms with Gasteiger partial charge in [-0.15, -0.1) is 0 Å². The van der Waals surface area contributed by atoms with Crippen LogP contribution in [-0.4, -0.2) is 60.0 Å². The molecular weight excluding hydrogens is 338 g/mol. The van der Waals surface area contributed by atoms with Crippen molar-refractivity contribution >= 4 is 17.7 Å². The smallest absolute Gasteiger partial charge is 0.253 e. The van der Waals surface area contributed by atoms with Crippen LogP contribution in [-0.2, 0) is 0 Å². The van der Waals surface area contributed by atoms with Gasteiger partial charge in [0, 0.05) is 51.0 Å². The number of aromatic nitrogens is 2. The molecule has 1 aromatic carbocycles. The number of nitrogens with zero attached hydrogens (tertiary/aromatic N) is 5. The van der Waals surface area contributed by atoms with Crippen molar-refractivity contribution in [2.75, 3.05) is 49.1 Å². The molecule has 0 bridgehead atoms. The quantitative estimate of drug-likeness (QED) is 0.837. The van der Waals surface area contributed by atoms with E-state index in [1.54, 1.807) is 0 Å². The molecule has 2 aromatic rings. The highest BCUT2D eigenvalue weighted by atomic mass is 16.2. The van der Waals surface area contributed by atoms with Crippen molar-refractivity contribution in [2.24, 2.45) is 0 Å². The Morgan fingerprint density at radius 2 is 1.70 bits per heavy atom. The minimum Gasteiger partial charge on any atom is -0.353 e. The summed E-state index contributed by atoms with van der Waals surface area (Å²) in [6, 6.07) is 9.80. The van der Waals surface area contributed by atoms with E-state index >= 15 is 0 Å². The van der Waals surface area contributed by atoms with E-state index in [1.807, 2.05) is 48.4 Å². The minimum atomic E-state index is 0.120. The molecule has 1 amide bonds. The molecule has 0 atom stereocenters. The van der Waals surface area contributed by atoms with Crippen LogP contribution in [0, 0.1) is 6.92 Å². The maximum absolute atomic E-state index is 12.7. The van der Waals surface area contributed by atoms with Gasteiger partial charge in [0.2, 0.25) is 5.95 Å². The maximum atomic E-state index is 12.7. The number of hydrogen-bond donors (Lipinski definition) is 0. The van der Waals surface area contributed by atoms with E-state index < -0.39 is 0 Å². The molecule has 0 saturated carbocycles. The zero-order valence-electron chi connectivity index (χ0n) is 16.0. The van der Waals surface area contributed by atoms with Gasteiger partial charge in [-0.1, -0.05) is 17.7 Å². The summed E-state index contributed by atoms with van der Waals surface area (Å²) in [4.78, 5) is 28.5. The van der Waals surface area contributed by atoms with Gasteiger partial charge < -0.3 is 14.7 Å². The second-order valence-electron chi connectivity index (χ2n) is 7.41. The van der Waals surface area contributed by atoms with Crippen LogP contribution < -0.4 is 9.80 Å². The van der Waals surface area contributed by atoms with Gasteiger partial charge in [-0.25, -0.2) is 4.98 Å². The summed E-state index contributed by atoms with van der Waals surface area (Å²) in [6.45, 7) is 7.14. The highest BCUT2D eigenvalue weighted by Crippen LogP contribution is 2.20. The Balaban J connectivity index is 1.40. The van der Waals surface area contributed by atoms with Crippen molar-refractivity contribution in [3.63, 3.8) is 0 Å². The third-order valence-electron chi connectivity index (χ3n) is 5.42. The second-order valence-corrected chi connectivity index (χ2v) is 7.41. The molecule has 0 spiro atoms. The molecular formula is C21H27N5O. The van der Waals surface area contributed by atoms with Crippen LogP contribution in [0.15, 0.2) is 36.5 Å². The highest BCUT2D eigenvalue weighted by molar-refractivity contribution is 5.94. The molecule has 6 nitrogen and oxygen atoms in total. The fourth-order valence-electron chi connectivity index (χ4n) is 3.86. The lowest BCUT2D eigenvalue weighted by molar-refractivity contribution is 0.0746. The highest BCUT2D eigenvalue weighted by Gasteiger charge is 2.23. The average Bonchev–Trinajstić information content (AvgIpc) is 2.74. The van der Waals surface area contributed by atoms with Gasteiger partial charge >= 0.3 is 0 Å². The zero-order valence-corrected chi connectivity index (χ0v) is 16.0. The predicted octanol–water partition coefficient (Wildman–Crippen LogP) is 2.74. The number of aryl methyl sites for hydroxylation is 1. The van der Waals surface area contributed by atoms with Crippen LogP contribution >= 0.6 is 0 Å². The summed E-state index contributed by atoms with van der Waals surface area (Å²) < 4.78 is 0. The molecule has 4 rings (SSSR count). The SMILES string of the molecule is Cc1cccc(C(=O)N2CCN(c3ccnc(N4CCCCC4)n3)CC2)c1. The first kappa shape index (κ1) is 17.8. The van der Waals surface area contributed by atoms with Gasteiger partial charge in [0.05, 0.1) is 0 Å². The molecule has 0 unspecified atom stereocenters. The number of carbonyl (C=O) groups excluding carboxylic acids is 1. The summed E-state index contributed by atoms with van der Waals surface area (Å²) in [5.74, 6) is 1.92. The number of piperazine rings is 1. The van der Waals surface area contributed by atoms with Crippen LogP contribution in [0.25, 0.3) is 0 Å². The van der Waals surface area contributed by atoms with Crippen LogP contribution in [0.1, 0.15) is 35.2 Å².